The van der Waals surface area contributed by atoms with E-state index in [2.05, 4.69) is 100 Å². The zero-order valence-electron chi connectivity index (χ0n) is 24.6. The number of benzene rings is 3. The molecule has 3 aromatic rings. The van der Waals surface area contributed by atoms with Gasteiger partial charge in [-0.05, 0) is 79.5 Å². The SMILES string of the molecule is Cc1c(S)cc(CN2CCN(C(=O)OCC3c4ccccc4-c4ccccc43)CC2)cc1B1OC(C)(C)C(C)(C)O1. The van der Waals surface area contributed by atoms with Gasteiger partial charge in [-0.3, -0.25) is 4.90 Å². The molecule has 0 spiro atoms. The van der Waals surface area contributed by atoms with Crippen LogP contribution in [0.1, 0.15) is 55.9 Å². The molecule has 2 aliphatic heterocycles. The maximum Gasteiger partial charge on any atom is 0.495 e. The van der Waals surface area contributed by atoms with Gasteiger partial charge in [0, 0.05) is 43.5 Å². The number of amides is 1. The first kappa shape index (κ1) is 28.3. The first-order chi connectivity index (χ1) is 19.5. The molecule has 1 amide bonds. The number of rotatable bonds is 5. The molecule has 2 fully saturated rings. The van der Waals surface area contributed by atoms with Crippen LogP contribution in [0.3, 0.4) is 0 Å². The Hall–Kier alpha value is -2.78. The van der Waals surface area contributed by atoms with Crippen molar-refractivity contribution < 1.29 is 18.8 Å². The number of thiol groups is 1. The highest BCUT2D eigenvalue weighted by Crippen LogP contribution is 2.44. The Labute approximate surface area is 249 Å². The van der Waals surface area contributed by atoms with Gasteiger partial charge in [-0.2, -0.15) is 0 Å². The third-order valence-electron chi connectivity index (χ3n) is 9.36. The molecule has 1 aliphatic carbocycles. The number of nitrogens with zero attached hydrogens (tertiary/aromatic N) is 2. The van der Waals surface area contributed by atoms with Crippen LogP contribution in [-0.2, 0) is 20.6 Å². The van der Waals surface area contributed by atoms with E-state index in [9.17, 15) is 4.79 Å². The van der Waals surface area contributed by atoms with Gasteiger partial charge in [0.25, 0.3) is 0 Å². The number of carbonyl (C=O) groups is 1. The Morgan fingerprint density at radius 1 is 0.927 bits per heavy atom. The molecule has 0 radical (unpaired) electrons. The van der Waals surface area contributed by atoms with Crippen molar-refractivity contribution in [3.8, 4) is 11.1 Å². The maximum absolute atomic E-state index is 13.1. The predicted molar refractivity (Wildman–Crippen MR) is 166 cm³/mol. The lowest BCUT2D eigenvalue weighted by Crippen LogP contribution is -2.48. The first-order valence-corrected chi connectivity index (χ1v) is 15.0. The van der Waals surface area contributed by atoms with Gasteiger partial charge in [-0.25, -0.2) is 4.79 Å². The lowest BCUT2D eigenvalue weighted by Gasteiger charge is -2.34. The second kappa shape index (κ2) is 10.8. The third-order valence-corrected chi connectivity index (χ3v) is 9.82. The first-order valence-electron chi connectivity index (χ1n) is 14.5. The Morgan fingerprint density at radius 3 is 2.07 bits per heavy atom. The minimum atomic E-state index is -0.420. The zero-order valence-corrected chi connectivity index (χ0v) is 25.5. The second-order valence-electron chi connectivity index (χ2n) is 12.5. The number of fused-ring (bicyclic) bond motifs is 3. The molecule has 0 atom stereocenters. The second-order valence-corrected chi connectivity index (χ2v) is 13.0. The smallest absolute Gasteiger partial charge is 0.448 e. The molecular formula is C33H39BN2O4S. The lowest BCUT2D eigenvalue weighted by atomic mass is 9.75. The van der Waals surface area contributed by atoms with Crippen molar-refractivity contribution in [3.63, 3.8) is 0 Å². The van der Waals surface area contributed by atoms with Gasteiger partial charge < -0.3 is 18.9 Å². The highest BCUT2D eigenvalue weighted by Gasteiger charge is 2.52. The molecule has 41 heavy (non-hydrogen) atoms. The molecule has 0 unspecified atom stereocenters. The fraction of sp³-hybridized carbons (Fsp3) is 0.424. The number of piperazine rings is 1. The highest BCUT2D eigenvalue weighted by atomic mass is 32.1. The number of carbonyl (C=O) groups excluding carboxylic acids is 1. The van der Waals surface area contributed by atoms with Crippen LogP contribution in [0.5, 0.6) is 0 Å². The predicted octanol–water partition coefficient (Wildman–Crippen LogP) is 5.65. The molecule has 0 bridgehead atoms. The van der Waals surface area contributed by atoms with Crippen LogP contribution in [0.2, 0.25) is 0 Å². The van der Waals surface area contributed by atoms with E-state index in [1.165, 1.54) is 27.8 Å². The summed E-state index contributed by atoms with van der Waals surface area (Å²) in [5.74, 6) is 0.0720. The fourth-order valence-electron chi connectivity index (χ4n) is 6.12. The van der Waals surface area contributed by atoms with Crippen molar-refractivity contribution in [2.45, 2.75) is 63.2 Å². The molecule has 8 heteroatoms. The van der Waals surface area contributed by atoms with E-state index < -0.39 is 18.3 Å². The number of ether oxygens (including phenoxy) is 1. The Kier molecular flexibility index (Phi) is 7.47. The summed E-state index contributed by atoms with van der Waals surface area (Å²) in [5, 5.41) is 0. The summed E-state index contributed by atoms with van der Waals surface area (Å²) in [6.45, 7) is 14.3. The molecule has 6 nitrogen and oxygen atoms in total. The molecule has 2 heterocycles. The topological polar surface area (TPSA) is 51.2 Å². The summed E-state index contributed by atoms with van der Waals surface area (Å²) in [5.41, 5.74) is 7.41. The number of hydrogen-bond donors (Lipinski definition) is 1. The average molecular weight is 571 g/mol. The Morgan fingerprint density at radius 2 is 1.49 bits per heavy atom. The standard InChI is InChI=1S/C33H39BN2O4S/c1-22-29(34-39-32(2,3)33(4,5)40-34)18-23(19-30(22)41)20-35-14-16-36(17-15-35)31(37)38-21-28-26-12-8-6-10-24(26)25-11-7-9-13-27(25)28/h6-13,18-19,28,41H,14-17,20-21H2,1-5H3. The van der Waals surface area contributed by atoms with E-state index >= 15 is 0 Å². The van der Waals surface area contributed by atoms with Gasteiger partial charge >= 0.3 is 13.2 Å². The van der Waals surface area contributed by atoms with Crippen molar-refractivity contribution in [1.29, 1.82) is 0 Å². The van der Waals surface area contributed by atoms with Gasteiger partial charge in [-0.1, -0.05) is 54.6 Å². The lowest BCUT2D eigenvalue weighted by molar-refractivity contribution is 0.00578. The molecule has 3 aromatic carbocycles. The van der Waals surface area contributed by atoms with Crippen LogP contribution in [0, 0.1) is 6.92 Å². The van der Waals surface area contributed by atoms with Crippen LogP contribution in [-0.4, -0.2) is 67.0 Å². The summed E-state index contributed by atoms with van der Waals surface area (Å²) >= 11 is 4.77. The van der Waals surface area contributed by atoms with E-state index in [1.807, 2.05) is 4.90 Å². The quantitative estimate of drug-likeness (QED) is 0.318. The molecule has 0 N–H and O–H groups in total. The molecule has 6 rings (SSSR count). The highest BCUT2D eigenvalue weighted by molar-refractivity contribution is 7.80. The monoisotopic (exact) mass is 570 g/mol. The van der Waals surface area contributed by atoms with Gasteiger partial charge in [0.15, 0.2) is 0 Å². The maximum atomic E-state index is 13.1. The van der Waals surface area contributed by atoms with Gasteiger partial charge in [-0.15, -0.1) is 12.6 Å². The van der Waals surface area contributed by atoms with Crippen LogP contribution >= 0.6 is 12.6 Å². The van der Waals surface area contributed by atoms with Crippen LogP contribution in [0.15, 0.2) is 65.6 Å². The zero-order chi connectivity index (χ0) is 28.9. The van der Waals surface area contributed by atoms with E-state index in [4.69, 9.17) is 26.7 Å². The molecule has 2 saturated heterocycles. The van der Waals surface area contributed by atoms with Gasteiger partial charge in [0.05, 0.1) is 11.2 Å². The van der Waals surface area contributed by atoms with Crippen molar-refractivity contribution in [2.24, 2.45) is 0 Å². The molecule has 0 saturated carbocycles. The van der Waals surface area contributed by atoms with Crippen LogP contribution in [0.25, 0.3) is 11.1 Å². The van der Waals surface area contributed by atoms with E-state index in [0.717, 1.165) is 35.6 Å². The van der Waals surface area contributed by atoms with E-state index in [1.54, 1.807) is 0 Å². The molecule has 3 aliphatic rings. The van der Waals surface area contributed by atoms with Crippen molar-refractivity contribution >= 4 is 31.3 Å². The van der Waals surface area contributed by atoms with E-state index in [0.29, 0.717) is 19.7 Å². The van der Waals surface area contributed by atoms with Crippen molar-refractivity contribution in [1.82, 2.24) is 9.80 Å². The molecular weight excluding hydrogens is 531 g/mol. The van der Waals surface area contributed by atoms with Gasteiger partial charge in [0.2, 0.25) is 0 Å². The Balaban J connectivity index is 1.06. The normalized spacial score (nSPS) is 19.8. The Bertz CT molecular complexity index is 1410. The molecule has 0 aromatic heterocycles. The minimum absolute atomic E-state index is 0.0720. The van der Waals surface area contributed by atoms with Crippen LogP contribution in [0.4, 0.5) is 4.79 Å². The van der Waals surface area contributed by atoms with Gasteiger partial charge in [0.1, 0.15) is 6.61 Å². The largest absolute Gasteiger partial charge is 0.495 e. The van der Waals surface area contributed by atoms with Crippen molar-refractivity contribution in [2.75, 3.05) is 32.8 Å². The minimum Gasteiger partial charge on any atom is -0.448 e. The summed E-state index contributed by atoms with van der Waals surface area (Å²) in [6, 6.07) is 21.2. The summed E-state index contributed by atoms with van der Waals surface area (Å²) < 4.78 is 18.6. The van der Waals surface area contributed by atoms with E-state index in [-0.39, 0.29) is 12.0 Å². The number of hydrogen-bond acceptors (Lipinski definition) is 6. The van der Waals surface area contributed by atoms with Crippen LogP contribution < -0.4 is 5.46 Å². The summed E-state index contributed by atoms with van der Waals surface area (Å²) in [6.07, 6.45) is -0.234. The molecule has 214 valence electrons. The summed E-state index contributed by atoms with van der Waals surface area (Å²) in [4.78, 5) is 18.2. The fourth-order valence-corrected chi connectivity index (χ4v) is 6.41. The third kappa shape index (κ3) is 5.31. The average Bonchev–Trinajstić information content (AvgIpc) is 3.38. The summed E-state index contributed by atoms with van der Waals surface area (Å²) in [7, 11) is -0.420. The van der Waals surface area contributed by atoms with Crippen molar-refractivity contribution in [3.05, 3.63) is 82.9 Å².